The van der Waals surface area contributed by atoms with E-state index in [1.165, 1.54) is 6.42 Å². The van der Waals surface area contributed by atoms with E-state index in [1.807, 2.05) is 6.92 Å². The van der Waals surface area contributed by atoms with Crippen molar-refractivity contribution in [3.8, 4) is 0 Å². The molecule has 0 radical (unpaired) electrons. The van der Waals surface area contributed by atoms with Crippen molar-refractivity contribution in [2.75, 3.05) is 0 Å². The quantitative estimate of drug-likeness (QED) is 0.879. The van der Waals surface area contributed by atoms with Gasteiger partial charge in [-0.2, -0.15) is 0 Å². The summed E-state index contributed by atoms with van der Waals surface area (Å²) in [5.74, 6) is 0. The molecule has 1 saturated carbocycles. The molecule has 0 aliphatic heterocycles. The molecule has 18 heavy (non-hydrogen) atoms. The van der Waals surface area contributed by atoms with Gasteiger partial charge in [0, 0.05) is 17.5 Å². The SMILES string of the molecule is Cc1csc(CC2(O)CC(C)(C)CC(C)(C)C2)n1. The second-order valence-corrected chi connectivity index (χ2v) is 8.59. The Hall–Kier alpha value is -0.410. The largest absolute Gasteiger partial charge is 0.389 e. The third-order valence-electron chi connectivity index (χ3n) is 3.72. The molecule has 0 saturated heterocycles. The van der Waals surface area contributed by atoms with Crippen LogP contribution in [0, 0.1) is 17.8 Å². The summed E-state index contributed by atoms with van der Waals surface area (Å²) in [6.07, 6.45) is 3.64. The third kappa shape index (κ3) is 3.33. The van der Waals surface area contributed by atoms with Crippen molar-refractivity contribution in [3.05, 3.63) is 16.1 Å². The van der Waals surface area contributed by atoms with Gasteiger partial charge < -0.3 is 5.11 Å². The Morgan fingerprint density at radius 1 is 1.17 bits per heavy atom. The molecular weight excluding hydrogens is 242 g/mol. The number of rotatable bonds is 2. The highest BCUT2D eigenvalue weighted by Gasteiger charge is 2.46. The summed E-state index contributed by atoms with van der Waals surface area (Å²) in [5, 5.41) is 14.1. The number of hydrogen-bond acceptors (Lipinski definition) is 3. The van der Waals surface area contributed by atoms with E-state index in [1.54, 1.807) is 11.3 Å². The van der Waals surface area contributed by atoms with E-state index in [4.69, 9.17) is 0 Å². The van der Waals surface area contributed by atoms with Crippen LogP contribution in [0.15, 0.2) is 5.38 Å². The Bertz CT molecular complexity index is 417. The summed E-state index contributed by atoms with van der Waals surface area (Å²) in [5.41, 5.74) is 0.897. The number of aliphatic hydroxyl groups is 1. The second kappa shape index (κ2) is 4.31. The molecule has 2 rings (SSSR count). The molecule has 1 heterocycles. The minimum absolute atomic E-state index is 0.211. The van der Waals surface area contributed by atoms with Crippen LogP contribution in [0.1, 0.15) is 57.7 Å². The molecule has 1 aliphatic rings. The number of thiazole rings is 1. The Kier molecular flexibility index (Phi) is 3.35. The van der Waals surface area contributed by atoms with E-state index in [2.05, 4.69) is 38.1 Å². The van der Waals surface area contributed by atoms with Crippen molar-refractivity contribution in [1.82, 2.24) is 4.98 Å². The van der Waals surface area contributed by atoms with Gasteiger partial charge in [-0.1, -0.05) is 27.7 Å². The topological polar surface area (TPSA) is 33.1 Å². The molecule has 1 N–H and O–H groups in total. The van der Waals surface area contributed by atoms with Crippen LogP contribution in [-0.4, -0.2) is 15.7 Å². The fraction of sp³-hybridized carbons (Fsp3) is 0.800. The molecule has 3 heteroatoms. The molecule has 1 aliphatic carbocycles. The Morgan fingerprint density at radius 3 is 2.17 bits per heavy atom. The maximum Gasteiger partial charge on any atom is 0.0956 e. The van der Waals surface area contributed by atoms with Crippen LogP contribution < -0.4 is 0 Å². The van der Waals surface area contributed by atoms with Crippen molar-refractivity contribution in [2.24, 2.45) is 10.8 Å². The van der Waals surface area contributed by atoms with Gasteiger partial charge in [0.25, 0.3) is 0 Å². The van der Waals surface area contributed by atoms with Gasteiger partial charge in [0.05, 0.1) is 10.6 Å². The van der Waals surface area contributed by atoms with Gasteiger partial charge in [0.15, 0.2) is 0 Å². The first-order chi connectivity index (χ1) is 8.09. The average Bonchev–Trinajstić information content (AvgIpc) is 2.42. The molecular formula is C15H25NOS. The van der Waals surface area contributed by atoms with Crippen molar-refractivity contribution in [3.63, 3.8) is 0 Å². The first kappa shape index (κ1) is 14.0. The van der Waals surface area contributed by atoms with Gasteiger partial charge in [0.1, 0.15) is 0 Å². The number of nitrogens with zero attached hydrogens (tertiary/aromatic N) is 1. The van der Waals surface area contributed by atoms with Crippen molar-refractivity contribution < 1.29 is 5.11 Å². The molecule has 2 nitrogen and oxygen atoms in total. The van der Waals surface area contributed by atoms with Gasteiger partial charge in [-0.15, -0.1) is 11.3 Å². The minimum atomic E-state index is -0.588. The zero-order valence-electron chi connectivity index (χ0n) is 12.2. The van der Waals surface area contributed by atoms with E-state index in [9.17, 15) is 5.11 Å². The lowest BCUT2D eigenvalue weighted by atomic mass is 9.59. The van der Waals surface area contributed by atoms with Crippen LogP contribution in [0.4, 0.5) is 0 Å². The van der Waals surface area contributed by atoms with Gasteiger partial charge >= 0.3 is 0 Å². The van der Waals surface area contributed by atoms with E-state index in [-0.39, 0.29) is 10.8 Å². The standard InChI is InChI=1S/C15H25NOS/c1-11-7-18-12(16-11)6-15(17)9-13(2,3)8-14(4,5)10-15/h7,17H,6,8-10H2,1-5H3. The number of aryl methyl sites for hydroxylation is 1. The Labute approximate surface area is 114 Å². The van der Waals surface area contributed by atoms with Crippen molar-refractivity contribution >= 4 is 11.3 Å². The highest BCUT2D eigenvalue weighted by atomic mass is 32.1. The molecule has 0 aromatic carbocycles. The molecule has 0 unspecified atom stereocenters. The zero-order valence-corrected chi connectivity index (χ0v) is 13.0. The van der Waals surface area contributed by atoms with Crippen LogP contribution in [0.3, 0.4) is 0 Å². The van der Waals surface area contributed by atoms with Crippen LogP contribution in [0.2, 0.25) is 0 Å². The molecule has 0 bridgehead atoms. The van der Waals surface area contributed by atoms with Crippen molar-refractivity contribution in [1.29, 1.82) is 0 Å². The van der Waals surface area contributed by atoms with Crippen LogP contribution >= 0.6 is 11.3 Å². The van der Waals surface area contributed by atoms with E-state index in [0.29, 0.717) is 6.42 Å². The predicted octanol–water partition coefficient (Wildman–Crippen LogP) is 3.96. The molecule has 0 atom stereocenters. The van der Waals surface area contributed by atoms with Gasteiger partial charge in [-0.05, 0) is 37.0 Å². The lowest BCUT2D eigenvalue weighted by molar-refractivity contribution is -0.0851. The molecule has 1 aromatic heterocycles. The third-order valence-corrected chi connectivity index (χ3v) is 4.69. The lowest BCUT2D eigenvalue weighted by Crippen LogP contribution is -2.47. The monoisotopic (exact) mass is 267 g/mol. The molecule has 102 valence electrons. The normalized spacial score (nSPS) is 25.0. The van der Waals surface area contributed by atoms with Gasteiger partial charge in [0.2, 0.25) is 0 Å². The fourth-order valence-corrected chi connectivity index (χ4v) is 5.06. The molecule has 1 aromatic rings. The molecule has 1 fully saturated rings. The van der Waals surface area contributed by atoms with Gasteiger partial charge in [-0.3, -0.25) is 0 Å². The van der Waals surface area contributed by atoms with E-state index >= 15 is 0 Å². The van der Waals surface area contributed by atoms with E-state index < -0.39 is 5.60 Å². The lowest BCUT2D eigenvalue weighted by Gasteiger charge is -2.49. The Balaban J connectivity index is 2.19. The van der Waals surface area contributed by atoms with Crippen LogP contribution in [0.25, 0.3) is 0 Å². The summed E-state index contributed by atoms with van der Waals surface area (Å²) in [6, 6.07) is 0. The molecule has 0 amide bonds. The number of aromatic nitrogens is 1. The Morgan fingerprint density at radius 2 is 1.72 bits per heavy atom. The zero-order chi connectivity index (χ0) is 13.6. The fourth-order valence-electron chi connectivity index (χ4n) is 4.15. The highest BCUT2D eigenvalue weighted by Crippen LogP contribution is 2.51. The smallest absolute Gasteiger partial charge is 0.0956 e. The molecule has 0 spiro atoms. The summed E-state index contributed by atoms with van der Waals surface area (Å²) in [6.45, 7) is 11.1. The summed E-state index contributed by atoms with van der Waals surface area (Å²) in [4.78, 5) is 4.50. The summed E-state index contributed by atoms with van der Waals surface area (Å²) < 4.78 is 0. The van der Waals surface area contributed by atoms with E-state index in [0.717, 1.165) is 23.5 Å². The maximum absolute atomic E-state index is 11.0. The summed E-state index contributed by atoms with van der Waals surface area (Å²) >= 11 is 1.67. The average molecular weight is 267 g/mol. The minimum Gasteiger partial charge on any atom is -0.389 e. The van der Waals surface area contributed by atoms with Crippen LogP contribution in [0.5, 0.6) is 0 Å². The highest BCUT2D eigenvalue weighted by molar-refractivity contribution is 7.09. The second-order valence-electron chi connectivity index (χ2n) is 7.64. The van der Waals surface area contributed by atoms with Crippen molar-refractivity contribution in [2.45, 2.75) is 65.9 Å². The van der Waals surface area contributed by atoms with Crippen LogP contribution in [-0.2, 0) is 6.42 Å². The maximum atomic E-state index is 11.0. The predicted molar refractivity (Wildman–Crippen MR) is 76.9 cm³/mol. The number of hydrogen-bond donors (Lipinski definition) is 1. The van der Waals surface area contributed by atoms with Gasteiger partial charge in [-0.25, -0.2) is 4.98 Å². The first-order valence-electron chi connectivity index (χ1n) is 6.73. The first-order valence-corrected chi connectivity index (χ1v) is 7.61. The summed E-state index contributed by atoms with van der Waals surface area (Å²) in [7, 11) is 0.